The van der Waals surface area contributed by atoms with Crippen molar-refractivity contribution in [2.75, 3.05) is 5.32 Å². The molecule has 2 aromatic rings. The summed E-state index contributed by atoms with van der Waals surface area (Å²) in [5.41, 5.74) is 1.33. The molecule has 0 bridgehead atoms. The zero-order valence-electron chi connectivity index (χ0n) is 10.7. The van der Waals surface area contributed by atoms with Crippen LogP contribution in [-0.4, -0.2) is 11.7 Å². The lowest BCUT2D eigenvalue weighted by atomic mass is 10.1. The Morgan fingerprint density at radius 1 is 1.19 bits per heavy atom. The molecule has 0 spiro atoms. The van der Waals surface area contributed by atoms with Crippen LogP contribution in [0.1, 0.15) is 15.9 Å². The van der Waals surface area contributed by atoms with Gasteiger partial charge in [-0.2, -0.15) is 0 Å². The van der Waals surface area contributed by atoms with Crippen LogP contribution in [-0.2, 0) is 10.5 Å². The average molecular weight is 322 g/mol. The first-order chi connectivity index (χ1) is 10.1. The topological polar surface area (TPSA) is 46.2 Å². The molecule has 2 aromatic carbocycles. The minimum Gasteiger partial charge on any atom is -0.318 e. The molecule has 3 nitrogen and oxygen atoms in total. The van der Waals surface area contributed by atoms with Crippen molar-refractivity contribution in [1.82, 2.24) is 0 Å². The molecule has 6 heteroatoms. The van der Waals surface area contributed by atoms with Crippen molar-refractivity contribution in [2.45, 2.75) is 10.6 Å². The molecule has 1 aliphatic rings. The molecule has 0 radical (unpaired) electrons. The SMILES string of the molecule is O=C1Nc2cc(SCc3ccccc3Cl)c(F)cc2C1=O. The third-order valence-electron chi connectivity index (χ3n) is 3.11. The first-order valence-corrected chi connectivity index (χ1v) is 7.48. The van der Waals surface area contributed by atoms with Gasteiger partial charge >= 0.3 is 0 Å². The standard InChI is InChI=1S/C15H9ClFNO2S/c16-10-4-2-1-3-8(10)7-21-13-6-12-9(5-11(13)17)14(19)15(20)18-12/h1-6H,7H2,(H,18,19,20). The highest BCUT2D eigenvalue weighted by Crippen LogP contribution is 2.34. The molecule has 21 heavy (non-hydrogen) atoms. The van der Waals surface area contributed by atoms with Gasteiger partial charge in [0.2, 0.25) is 0 Å². The Kier molecular flexibility index (Phi) is 3.69. The molecule has 0 saturated carbocycles. The quantitative estimate of drug-likeness (QED) is 0.688. The van der Waals surface area contributed by atoms with Gasteiger partial charge in [-0.3, -0.25) is 9.59 Å². The van der Waals surface area contributed by atoms with Crippen molar-refractivity contribution < 1.29 is 14.0 Å². The van der Waals surface area contributed by atoms with E-state index in [1.54, 1.807) is 6.07 Å². The van der Waals surface area contributed by atoms with Gasteiger partial charge in [-0.15, -0.1) is 11.8 Å². The highest BCUT2D eigenvalue weighted by atomic mass is 35.5. The van der Waals surface area contributed by atoms with Gasteiger partial charge in [0.1, 0.15) is 5.82 Å². The summed E-state index contributed by atoms with van der Waals surface area (Å²) in [5.74, 6) is -1.45. The monoisotopic (exact) mass is 321 g/mol. The van der Waals surface area contributed by atoms with Gasteiger partial charge < -0.3 is 5.32 Å². The number of thioether (sulfide) groups is 1. The lowest BCUT2D eigenvalue weighted by Crippen LogP contribution is -2.12. The minimum absolute atomic E-state index is 0.0830. The van der Waals surface area contributed by atoms with Gasteiger partial charge in [-0.1, -0.05) is 29.8 Å². The van der Waals surface area contributed by atoms with Gasteiger partial charge in [0.25, 0.3) is 11.7 Å². The molecule has 0 atom stereocenters. The van der Waals surface area contributed by atoms with E-state index in [9.17, 15) is 14.0 Å². The van der Waals surface area contributed by atoms with Crippen LogP contribution in [0.2, 0.25) is 5.02 Å². The number of hydrogen-bond acceptors (Lipinski definition) is 3. The van der Waals surface area contributed by atoms with E-state index in [4.69, 9.17) is 11.6 Å². The van der Waals surface area contributed by atoms with Gasteiger partial charge in [-0.05, 0) is 23.8 Å². The fourth-order valence-corrected chi connectivity index (χ4v) is 3.27. The van der Waals surface area contributed by atoms with Crippen LogP contribution in [0.5, 0.6) is 0 Å². The number of anilines is 1. The number of halogens is 2. The number of fused-ring (bicyclic) bond motifs is 1. The van der Waals surface area contributed by atoms with E-state index in [0.29, 0.717) is 21.4 Å². The summed E-state index contributed by atoms with van der Waals surface area (Å²) in [7, 11) is 0. The normalized spacial score (nSPS) is 13.2. The molecular formula is C15H9ClFNO2S. The molecule has 1 N–H and O–H groups in total. The molecule has 1 amide bonds. The maximum absolute atomic E-state index is 14.0. The van der Waals surface area contributed by atoms with E-state index >= 15 is 0 Å². The second-order valence-corrected chi connectivity index (χ2v) is 5.92. The van der Waals surface area contributed by atoms with Crippen LogP contribution in [0.15, 0.2) is 41.3 Å². The van der Waals surface area contributed by atoms with E-state index in [-0.39, 0.29) is 5.56 Å². The van der Waals surface area contributed by atoms with Crippen LogP contribution >= 0.6 is 23.4 Å². The Labute approximate surface area is 129 Å². The van der Waals surface area contributed by atoms with Crippen LogP contribution in [0.4, 0.5) is 10.1 Å². The molecule has 3 rings (SSSR count). The van der Waals surface area contributed by atoms with Crippen molar-refractivity contribution in [3.63, 3.8) is 0 Å². The average Bonchev–Trinajstić information content (AvgIpc) is 2.73. The Morgan fingerprint density at radius 2 is 1.95 bits per heavy atom. The van der Waals surface area contributed by atoms with E-state index in [0.717, 1.165) is 11.6 Å². The summed E-state index contributed by atoms with van der Waals surface area (Å²) >= 11 is 7.31. The van der Waals surface area contributed by atoms with Crippen molar-refractivity contribution in [3.05, 3.63) is 58.4 Å². The van der Waals surface area contributed by atoms with Crippen LogP contribution in [0.25, 0.3) is 0 Å². The Hall–Kier alpha value is -1.85. The van der Waals surface area contributed by atoms with Gasteiger partial charge in [-0.25, -0.2) is 4.39 Å². The van der Waals surface area contributed by atoms with E-state index < -0.39 is 17.5 Å². The van der Waals surface area contributed by atoms with Gasteiger partial charge in [0, 0.05) is 15.7 Å². The Morgan fingerprint density at radius 3 is 2.71 bits per heavy atom. The van der Waals surface area contributed by atoms with Crippen molar-refractivity contribution in [2.24, 2.45) is 0 Å². The number of nitrogens with one attached hydrogen (secondary N) is 1. The lowest BCUT2D eigenvalue weighted by molar-refractivity contribution is -0.112. The summed E-state index contributed by atoms with van der Waals surface area (Å²) in [4.78, 5) is 23.1. The smallest absolute Gasteiger partial charge is 0.296 e. The zero-order valence-corrected chi connectivity index (χ0v) is 12.2. The first kappa shape index (κ1) is 14.1. The maximum atomic E-state index is 14.0. The number of rotatable bonds is 3. The molecule has 1 heterocycles. The van der Waals surface area contributed by atoms with Gasteiger partial charge in [0.15, 0.2) is 0 Å². The molecule has 0 aromatic heterocycles. The maximum Gasteiger partial charge on any atom is 0.296 e. The van der Waals surface area contributed by atoms with E-state index in [1.807, 2.05) is 18.2 Å². The predicted octanol–water partition coefficient (Wildman–Crippen LogP) is 3.91. The van der Waals surface area contributed by atoms with E-state index in [2.05, 4.69) is 5.32 Å². The molecule has 0 unspecified atom stereocenters. The number of ketones is 1. The molecular weight excluding hydrogens is 313 g/mol. The zero-order chi connectivity index (χ0) is 15.0. The lowest BCUT2D eigenvalue weighted by Gasteiger charge is -2.07. The summed E-state index contributed by atoms with van der Waals surface area (Å²) < 4.78 is 14.0. The molecule has 1 aliphatic heterocycles. The molecule has 0 fully saturated rings. The number of benzene rings is 2. The predicted molar refractivity (Wildman–Crippen MR) is 80.4 cm³/mol. The number of amides is 1. The molecule has 0 aliphatic carbocycles. The fourth-order valence-electron chi connectivity index (χ4n) is 2.03. The second kappa shape index (κ2) is 5.50. The molecule has 0 saturated heterocycles. The Balaban J connectivity index is 1.85. The van der Waals surface area contributed by atoms with Crippen LogP contribution in [0.3, 0.4) is 0 Å². The number of hydrogen-bond donors (Lipinski definition) is 1. The van der Waals surface area contributed by atoms with E-state index in [1.165, 1.54) is 17.8 Å². The van der Waals surface area contributed by atoms with Crippen LogP contribution < -0.4 is 5.32 Å². The van der Waals surface area contributed by atoms with Crippen molar-refractivity contribution >= 4 is 40.7 Å². The number of carbonyl (C=O) groups is 2. The summed E-state index contributed by atoms with van der Waals surface area (Å²) in [5, 5.41) is 3.05. The number of Topliss-reactive ketones (excluding diaryl/α,β-unsaturated/α-hetero) is 1. The van der Waals surface area contributed by atoms with Crippen LogP contribution in [0, 0.1) is 5.82 Å². The largest absolute Gasteiger partial charge is 0.318 e. The summed E-state index contributed by atoms with van der Waals surface area (Å²) in [6.45, 7) is 0. The second-order valence-electron chi connectivity index (χ2n) is 4.49. The summed E-state index contributed by atoms with van der Waals surface area (Å²) in [6.07, 6.45) is 0. The van der Waals surface area contributed by atoms with Crippen molar-refractivity contribution in [3.8, 4) is 0 Å². The first-order valence-electron chi connectivity index (χ1n) is 6.11. The fraction of sp³-hybridized carbons (Fsp3) is 0.0667. The highest BCUT2D eigenvalue weighted by Gasteiger charge is 2.29. The van der Waals surface area contributed by atoms with Gasteiger partial charge in [0.05, 0.1) is 11.3 Å². The highest BCUT2D eigenvalue weighted by molar-refractivity contribution is 7.98. The third kappa shape index (κ3) is 2.66. The third-order valence-corrected chi connectivity index (χ3v) is 4.56. The Bertz CT molecular complexity index is 763. The molecule has 106 valence electrons. The summed E-state index contributed by atoms with van der Waals surface area (Å²) in [6, 6.07) is 9.91. The minimum atomic E-state index is -0.724. The van der Waals surface area contributed by atoms with Crippen molar-refractivity contribution in [1.29, 1.82) is 0 Å². The number of carbonyl (C=O) groups excluding carboxylic acids is 2.